The zero-order valence-corrected chi connectivity index (χ0v) is 12.5. The molecule has 21 heavy (non-hydrogen) atoms. The van der Waals surface area contributed by atoms with Crippen molar-refractivity contribution in [3.05, 3.63) is 5.69 Å². The van der Waals surface area contributed by atoms with Gasteiger partial charge in [-0.15, -0.1) is 5.11 Å². The van der Waals surface area contributed by atoms with E-state index >= 15 is 0 Å². The molecule has 1 aromatic rings. The smallest absolute Gasteiger partial charge is 0.190 e. The van der Waals surface area contributed by atoms with Crippen molar-refractivity contribution < 1.29 is 4.74 Å². The summed E-state index contributed by atoms with van der Waals surface area (Å²) in [4.78, 5) is 15.9. The Balaban J connectivity index is 1.84. The standard InChI is InChI=1S/C12H15N7OS/c1-21-12-14-8-9(16-17-19-3-2-13-10(8)19)11(15-12)18-4-6-20-7-5-18/h2-7H2,1H3. The number of thioether (sulfide) groups is 1. The summed E-state index contributed by atoms with van der Waals surface area (Å²) >= 11 is 1.53. The second-order valence-corrected chi connectivity index (χ2v) is 5.62. The van der Waals surface area contributed by atoms with Gasteiger partial charge in [0, 0.05) is 13.1 Å². The summed E-state index contributed by atoms with van der Waals surface area (Å²) in [6.45, 7) is 4.53. The summed E-state index contributed by atoms with van der Waals surface area (Å²) in [5, 5.41) is 11.1. The zero-order chi connectivity index (χ0) is 14.2. The molecule has 3 aliphatic heterocycles. The lowest BCUT2D eigenvalue weighted by atomic mass is 10.2. The highest BCUT2D eigenvalue weighted by Crippen LogP contribution is 2.36. The van der Waals surface area contributed by atoms with Crippen molar-refractivity contribution in [3.8, 4) is 0 Å². The van der Waals surface area contributed by atoms with Crippen molar-refractivity contribution in [1.82, 2.24) is 15.0 Å². The molecule has 9 heteroatoms. The molecule has 1 aromatic heterocycles. The van der Waals surface area contributed by atoms with Crippen LogP contribution in [0.25, 0.3) is 0 Å². The Labute approximate surface area is 126 Å². The molecule has 4 heterocycles. The van der Waals surface area contributed by atoms with Gasteiger partial charge in [0.2, 0.25) is 0 Å². The van der Waals surface area contributed by atoms with Crippen molar-refractivity contribution in [2.24, 2.45) is 15.3 Å². The molecule has 3 aliphatic rings. The van der Waals surface area contributed by atoms with Gasteiger partial charge in [-0.3, -0.25) is 4.99 Å². The van der Waals surface area contributed by atoms with E-state index < -0.39 is 0 Å². The number of aliphatic imine (C=N–C) groups is 1. The molecular weight excluding hydrogens is 290 g/mol. The Morgan fingerprint density at radius 2 is 2.00 bits per heavy atom. The lowest BCUT2D eigenvalue weighted by molar-refractivity contribution is 0.122. The molecule has 0 N–H and O–H groups in total. The third-order valence-electron chi connectivity index (χ3n) is 3.62. The number of ether oxygens (including phenoxy) is 1. The topological polar surface area (TPSA) is 78.6 Å². The van der Waals surface area contributed by atoms with E-state index in [0.717, 1.165) is 54.4 Å². The van der Waals surface area contributed by atoms with Gasteiger partial charge >= 0.3 is 0 Å². The molecule has 8 nitrogen and oxygen atoms in total. The second kappa shape index (κ2) is 5.23. The number of fused-ring (bicyclic) bond motifs is 3. The van der Waals surface area contributed by atoms with E-state index in [1.807, 2.05) is 11.3 Å². The third-order valence-corrected chi connectivity index (χ3v) is 4.17. The van der Waals surface area contributed by atoms with E-state index in [-0.39, 0.29) is 0 Å². The van der Waals surface area contributed by atoms with E-state index in [0.29, 0.717) is 13.2 Å². The Kier molecular flexibility index (Phi) is 3.23. The normalized spacial score (nSPS) is 20.3. The van der Waals surface area contributed by atoms with E-state index in [9.17, 15) is 0 Å². The van der Waals surface area contributed by atoms with Crippen molar-refractivity contribution in [2.75, 3.05) is 50.5 Å². The highest BCUT2D eigenvalue weighted by atomic mass is 32.2. The van der Waals surface area contributed by atoms with Gasteiger partial charge in [0.1, 0.15) is 5.69 Å². The van der Waals surface area contributed by atoms with Gasteiger partial charge in [-0.05, 0) is 6.26 Å². The van der Waals surface area contributed by atoms with Gasteiger partial charge in [0.25, 0.3) is 0 Å². The molecule has 0 saturated carbocycles. The van der Waals surface area contributed by atoms with Gasteiger partial charge < -0.3 is 9.64 Å². The van der Waals surface area contributed by atoms with E-state index in [4.69, 9.17) is 4.74 Å². The largest absolute Gasteiger partial charge is 0.378 e. The molecule has 110 valence electrons. The van der Waals surface area contributed by atoms with Gasteiger partial charge in [-0.2, -0.15) is 0 Å². The van der Waals surface area contributed by atoms with Crippen molar-refractivity contribution in [1.29, 1.82) is 0 Å². The number of nitrogens with zero attached hydrogens (tertiary/aromatic N) is 7. The number of aromatic nitrogens is 2. The summed E-state index contributed by atoms with van der Waals surface area (Å²) in [7, 11) is 0. The fourth-order valence-electron chi connectivity index (χ4n) is 2.58. The Morgan fingerprint density at radius 1 is 1.14 bits per heavy atom. The number of hydrogen-bond acceptors (Lipinski definition) is 9. The lowest BCUT2D eigenvalue weighted by Gasteiger charge is -2.30. The minimum atomic E-state index is 0.706. The second-order valence-electron chi connectivity index (χ2n) is 4.85. The summed E-state index contributed by atoms with van der Waals surface area (Å²) in [6, 6.07) is 0. The number of anilines is 1. The molecule has 0 radical (unpaired) electrons. The predicted molar refractivity (Wildman–Crippen MR) is 79.5 cm³/mol. The molecule has 0 aromatic carbocycles. The quantitative estimate of drug-likeness (QED) is 0.601. The summed E-state index contributed by atoms with van der Waals surface area (Å²) in [5.74, 6) is 1.65. The van der Waals surface area contributed by atoms with Gasteiger partial charge in [0.05, 0.1) is 26.3 Å². The van der Waals surface area contributed by atoms with Crippen molar-refractivity contribution in [3.63, 3.8) is 0 Å². The van der Waals surface area contributed by atoms with E-state index in [1.165, 1.54) is 11.8 Å². The summed E-state index contributed by atoms with van der Waals surface area (Å²) in [6.07, 6.45) is 1.98. The Hall–Kier alpha value is -1.74. The monoisotopic (exact) mass is 305 g/mol. The maximum absolute atomic E-state index is 5.41. The van der Waals surface area contributed by atoms with Crippen LogP contribution < -0.4 is 4.90 Å². The first kappa shape index (κ1) is 13.0. The fourth-order valence-corrected chi connectivity index (χ4v) is 2.94. The van der Waals surface area contributed by atoms with Crippen LogP contribution in [0.3, 0.4) is 0 Å². The minimum Gasteiger partial charge on any atom is -0.378 e. The van der Waals surface area contributed by atoms with Gasteiger partial charge in [0.15, 0.2) is 22.5 Å². The average molecular weight is 305 g/mol. The molecule has 0 amide bonds. The summed E-state index contributed by atoms with van der Waals surface area (Å²) < 4.78 is 5.41. The summed E-state index contributed by atoms with van der Waals surface area (Å²) in [5.41, 5.74) is 1.52. The maximum Gasteiger partial charge on any atom is 0.190 e. The highest BCUT2D eigenvalue weighted by Gasteiger charge is 2.31. The van der Waals surface area contributed by atoms with Crippen LogP contribution >= 0.6 is 11.8 Å². The first-order valence-electron chi connectivity index (χ1n) is 6.89. The molecule has 0 spiro atoms. The maximum atomic E-state index is 5.41. The van der Waals surface area contributed by atoms with Gasteiger partial charge in [-0.25, -0.2) is 15.0 Å². The first-order chi connectivity index (χ1) is 10.4. The molecule has 4 rings (SSSR count). The number of amidine groups is 1. The van der Waals surface area contributed by atoms with Crippen molar-refractivity contribution >= 4 is 29.1 Å². The van der Waals surface area contributed by atoms with E-state index in [2.05, 4.69) is 30.2 Å². The highest BCUT2D eigenvalue weighted by molar-refractivity contribution is 7.98. The third kappa shape index (κ3) is 2.16. The van der Waals surface area contributed by atoms with E-state index in [1.54, 1.807) is 0 Å². The van der Waals surface area contributed by atoms with Crippen LogP contribution in [0.4, 0.5) is 11.5 Å². The molecular formula is C12H15N7OS. The van der Waals surface area contributed by atoms with Crippen LogP contribution in [0.1, 0.15) is 5.69 Å². The predicted octanol–water partition coefficient (Wildman–Crippen LogP) is 1.11. The zero-order valence-electron chi connectivity index (χ0n) is 11.7. The van der Waals surface area contributed by atoms with Crippen LogP contribution in [-0.4, -0.2) is 66.5 Å². The average Bonchev–Trinajstić information content (AvgIpc) is 3.03. The SMILES string of the molecule is CSc1nc2c(c(N3CCOCC3)n1)N=NN1CCN=C21. The Morgan fingerprint density at radius 3 is 2.81 bits per heavy atom. The van der Waals surface area contributed by atoms with Crippen LogP contribution in [-0.2, 0) is 4.74 Å². The molecule has 0 atom stereocenters. The number of rotatable bonds is 2. The number of hydrogen-bond donors (Lipinski definition) is 0. The van der Waals surface area contributed by atoms with Crippen LogP contribution in [0.2, 0.25) is 0 Å². The van der Waals surface area contributed by atoms with Crippen LogP contribution in [0.15, 0.2) is 20.5 Å². The van der Waals surface area contributed by atoms with Crippen LogP contribution in [0.5, 0.6) is 0 Å². The molecule has 1 fully saturated rings. The number of morpholine rings is 1. The van der Waals surface area contributed by atoms with Crippen LogP contribution in [0, 0.1) is 0 Å². The minimum absolute atomic E-state index is 0.706. The van der Waals surface area contributed by atoms with Crippen molar-refractivity contribution in [2.45, 2.75) is 5.16 Å². The Bertz CT molecular complexity index is 626. The molecule has 0 aliphatic carbocycles. The molecule has 1 saturated heterocycles. The molecule has 0 bridgehead atoms. The lowest BCUT2D eigenvalue weighted by Crippen LogP contribution is -2.37. The molecule has 0 unspecified atom stereocenters. The first-order valence-corrected chi connectivity index (χ1v) is 8.12. The fraction of sp³-hybridized carbons (Fsp3) is 0.583. The van der Waals surface area contributed by atoms with Gasteiger partial charge in [-0.1, -0.05) is 17.0 Å².